The van der Waals surface area contributed by atoms with E-state index < -0.39 is 9.84 Å². The number of nitrogens with one attached hydrogen (secondary N) is 1. The van der Waals surface area contributed by atoms with Crippen LogP contribution in [0.1, 0.15) is 59.3 Å². The van der Waals surface area contributed by atoms with Crippen LogP contribution in [-0.2, 0) is 9.84 Å². The first kappa shape index (κ1) is 17.0. The Morgan fingerprint density at radius 2 is 1.95 bits per heavy atom. The predicted octanol–water partition coefficient (Wildman–Crippen LogP) is 3.00. The standard InChI is InChI=1S/C15H31NO2S/c1-5-8-12(3)15(16-6-2)13-9-7-10-14(11-13)19(4,17)18/h12-16H,5-11H2,1-4H3. The summed E-state index contributed by atoms with van der Waals surface area (Å²) in [5, 5.41) is 3.50. The lowest BCUT2D eigenvalue weighted by atomic mass is 9.77. The molecule has 0 heterocycles. The van der Waals surface area contributed by atoms with Crippen LogP contribution in [-0.4, -0.2) is 32.5 Å². The van der Waals surface area contributed by atoms with E-state index in [2.05, 4.69) is 26.1 Å². The Bertz CT molecular complexity index is 353. The van der Waals surface area contributed by atoms with E-state index in [1.807, 2.05) is 0 Å². The first-order chi connectivity index (χ1) is 8.90. The smallest absolute Gasteiger partial charge is 0.150 e. The van der Waals surface area contributed by atoms with Crippen LogP contribution < -0.4 is 5.32 Å². The molecular formula is C15H31NO2S. The number of sulfone groups is 1. The Labute approximate surface area is 119 Å². The van der Waals surface area contributed by atoms with Gasteiger partial charge in [0.15, 0.2) is 0 Å². The second-order valence-electron chi connectivity index (χ2n) is 6.23. The zero-order chi connectivity index (χ0) is 14.5. The van der Waals surface area contributed by atoms with E-state index in [0.717, 1.165) is 25.8 Å². The van der Waals surface area contributed by atoms with Crippen LogP contribution in [0.3, 0.4) is 0 Å². The molecule has 0 spiro atoms. The first-order valence-corrected chi connectivity index (χ1v) is 9.77. The molecule has 3 nitrogen and oxygen atoms in total. The van der Waals surface area contributed by atoms with Crippen LogP contribution in [0.5, 0.6) is 0 Å². The Morgan fingerprint density at radius 3 is 2.47 bits per heavy atom. The molecule has 0 bridgehead atoms. The summed E-state index contributed by atoms with van der Waals surface area (Å²) in [6.45, 7) is 7.64. The second-order valence-corrected chi connectivity index (χ2v) is 8.55. The van der Waals surface area contributed by atoms with Gasteiger partial charge in [-0.1, -0.05) is 33.6 Å². The van der Waals surface area contributed by atoms with Gasteiger partial charge < -0.3 is 5.32 Å². The van der Waals surface area contributed by atoms with Crippen LogP contribution in [0.2, 0.25) is 0 Å². The van der Waals surface area contributed by atoms with E-state index in [0.29, 0.717) is 17.9 Å². The van der Waals surface area contributed by atoms with E-state index in [9.17, 15) is 8.42 Å². The van der Waals surface area contributed by atoms with E-state index in [1.54, 1.807) is 0 Å². The SMILES string of the molecule is CCCC(C)C(NCC)C1CCCC(S(C)(=O)=O)C1. The summed E-state index contributed by atoms with van der Waals surface area (Å²) in [7, 11) is -2.87. The van der Waals surface area contributed by atoms with E-state index in [1.165, 1.54) is 25.5 Å². The van der Waals surface area contributed by atoms with Crippen molar-refractivity contribution in [3.8, 4) is 0 Å². The monoisotopic (exact) mass is 289 g/mol. The Balaban J connectivity index is 2.73. The summed E-state index contributed by atoms with van der Waals surface area (Å²) < 4.78 is 23.6. The maximum Gasteiger partial charge on any atom is 0.150 e. The molecule has 0 saturated heterocycles. The third-order valence-electron chi connectivity index (χ3n) is 4.58. The average Bonchev–Trinajstić information content (AvgIpc) is 2.35. The molecule has 4 atom stereocenters. The molecule has 1 aliphatic rings. The minimum Gasteiger partial charge on any atom is -0.314 e. The van der Waals surface area contributed by atoms with Gasteiger partial charge in [-0.25, -0.2) is 8.42 Å². The predicted molar refractivity (Wildman–Crippen MR) is 82.1 cm³/mol. The molecule has 0 aromatic heterocycles. The molecule has 0 radical (unpaired) electrons. The molecular weight excluding hydrogens is 258 g/mol. The molecule has 0 aromatic carbocycles. The maximum absolute atomic E-state index is 11.8. The molecule has 1 saturated carbocycles. The lowest BCUT2D eigenvalue weighted by Crippen LogP contribution is -2.44. The van der Waals surface area contributed by atoms with Crippen molar-refractivity contribution in [2.24, 2.45) is 11.8 Å². The summed E-state index contributed by atoms with van der Waals surface area (Å²) >= 11 is 0. The highest BCUT2D eigenvalue weighted by Gasteiger charge is 2.34. The fourth-order valence-electron chi connectivity index (χ4n) is 3.60. The van der Waals surface area contributed by atoms with Gasteiger partial charge in [0.05, 0.1) is 5.25 Å². The van der Waals surface area contributed by atoms with Crippen LogP contribution in [0.25, 0.3) is 0 Å². The van der Waals surface area contributed by atoms with Crippen molar-refractivity contribution in [1.29, 1.82) is 0 Å². The van der Waals surface area contributed by atoms with Gasteiger partial charge in [-0.3, -0.25) is 0 Å². The first-order valence-electron chi connectivity index (χ1n) is 7.82. The van der Waals surface area contributed by atoms with Crippen LogP contribution in [0.4, 0.5) is 0 Å². The van der Waals surface area contributed by atoms with Crippen molar-refractivity contribution in [3.05, 3.63) is 0 Å². The molecule has 0 aliphatic heterocycles. The quantitative estimate of drug-likeness (QED) is 0.783. The molecule has 1 rings (SSSR count). The minimum atomic E-state index is -2.87. The van der Waals surface area contributed by atoms with Gasteiger partial charge in [-0.15, -0.1) is 0 Å². The van der Waals surface area contributed by atoms with Crippen molar-refractivity contribution in [2.45, 2.75) is 70.6 Å². The fourth-order valence-corrected chi connectivity index (χ4v) is 4.79. The molecule has 1 N–H and O–H groups in total. The number of hydrogen-bond donors (Lipinski definition) is 1. The Hall–Kier alpha value is -0.0900. The van der Waals surface area contributed by atoms with Crippen molar-refractivity contribution >= 4 is 9.84 Å². The molecule has 0 amide bonds. The van der Waals surface area contributed by atoms with Crippen molar-refractivity contribution in [1.82, 2.24) is 5.32 Å². The maximum atomic E-state index is 11.8. The van der Waals surface area contributed by atoms with E-state index >= 15 is 0 Å². The average molecular weight is 289 g/mol. The zero-order valence-electron chi connectivity index (χ0n) is 13.0. The molecule has 4 unspecified atom stereocenters. The summed E-state index contributed by atoms with van der Waals surface area (Å²) in [5.74, 6) is 1.16. The van der Waals surface area contributed by atoms with Crippen LogP contribution in [0, 0.1) is 11.8 Å². The van der Waals surface area contributed by atoms with Gasteiger partial charge in [0, 0.05) is 12.3 Å². The van der Waals surface area contributed by atoms with Gasteiger partial charge in [-0.2, -0.15) is 0 Å². The van der Waals surface area contributed by atoms with E-state index in [-0.39, 0.29) is 5.25 Å². The second kappa shape index (κ2) is 7.63. The number of rotatable bonds is 7. The highest BCUT2D eigenvalue weighted by atomic mass is 32.2. The molecule has 0 aromatic rings. The lowest BCUT2D eigenvalue weighted by molar-refractivity contribution is 0.211. The third kappa shape index (κ3) is 5.07. The summed E-state index contributed by atoms with van der Waals surface area (Å²) in [6, 6.07) is 0.481. The van der Waals surface area contributed by atoms with Crippen molar-refractivity contribution in [2.75, 3.05) is 12.8 Å². The summed E-state index contributed by atoms with van der Waals surface area (Å²) in [6.07, 6.45) is 7.77. The highest BCUT2D eigenvalue weighted by Crippen LogP contribution is 2.33. The highest BCUT2D eigenvalue weighted by molar-refractivity contribution is 7.91. The number of hydrogen-bond acceptors (Lipinski definition) is 3. The lowest BCUT2D eigenvalue weighted by Gasteiger charge is -2.37. The molecule has 19 heavy (non-hydrogen) atoms. The summed E-state index contributed by atoms with van der Waals surface area (Å²) in [4.78, 5) is 0. The molecule has 1 aliphatic carbocycles. The molecule has 4 heteroatoms. The van der Waals surface area contributed by atoms with Crippen LogP contribution in [0.15, 0.2) is 0 Å². The van der Waals surface area contributed by atoms with Gasteiger partial charge >= 0.3 is 0 Å². The van der Waals surface area contributed by atoms with Gasteiger partial charge in [0.2, 0.25) is 0 Å². The summed E-state index contributed by atoms with van der Waals surface area (Å²) in [5.41, 5.74) is 0. The topological polar surface area (TPSA) is 46.2 Å². The van der Waals surface area contributed by atoms with Crippen molar-refractivity contribution in [3.63, 3.8) is 0 Å². The zero-order valence-corrected chi connectivity index (χ0v) is 13.8. The minimum absolute atomic E-state index is 0.110. The molecule has 1 fully saturated rings. The largest absolute Gasteiger partial charge is 0.314 e. The molecule has 114 valence electrons. The normalized spacial score (nSPS) is 28.0. The van der Waals surface area contributed by atoms with Gasteiger partial charge in [0.25, 0.3) is 0 Å². The van der Waals surface area contributed by atoms with E-state index in [4.69, 9.17) is 0 Å². The van der Waals surface area contributed by atoms with Crippen molar-refractivity contribution < 1.29 is 8.42 Å². The fraction of sp³-hybridized carbons (Fsp3) is 1.00. The van der Waals surface area contributed by atoms with Crippen LogP contribution >= 0.6 is 0 Å². The third-order valence-corrected chi connectivity index (χ3v) is 6.22. The van der Waals surface area contributed by atoms with Gasteiger partial charge in [-0.05, 0) is 44.1 Å². The Morgan fingerprint density at radius 1 is 1.26 bits per heavy atom. The van der Waals surface area contributed by atoms with Gasteiger partial charge in [0.1, 0.15) is 9.84 Å². The Kier molecular flexibility index (Phi) is 6.81.